The normalized spacial score (nSPS) is 24.9. The molecule has 2 saturated carbocycles. The number of anilines is 1. The summed E-state index contributed by atoms with van der Waals surface area (Å²) in [6.07, 6.45) is 4.61. The van der Waals surface area contributed by atoms with Crippen molar-refractivity contribution in [1.29, 1.82) is 5.26 Å². The molecule has 0 unspecified atom stereocenters. The smallest absolute Gasteiger partial charge is 0.228 e. The highest BCUT2D eigenvalue weighted by Crippen LogP contribution is 2.64. The average molecular weight is 305 g/mol. The molecule has 2 aliphatic carbocycles. The second kappa shape index (κ2) is 4.55. The number of hydrogen-bond donors (Lipinski definition) is 1. The first-order chi connectivity index (χ1) is 10.9. The van der Waals surface area contributed by atoms with Crippen molar-refractivity contribution >= 4 is 22.5 Å². The minimum absolute atomic E-state index is 0.0193. The van der Waals surface area contributed by atoms with E-state index in [9.17, 15) is 10.1 Å². The van der Waals surface area contributed by atoms with Crippen LogP contribution in [0.15, 0.2) is 30.5 Å². The predicted molar refractivity (Wildman–Crippen MR) is 88.8 cm³/mol. The van der Waals surface area contributed by atoms with Crippen molar-refractivity contribution in [3.05, 3.63) is 36.0 Å². The number of hydrogen-bond acceptors (Lipinski definition) is 3. The topological polar surface area (TPSA) is 65.8 Å². The summed E-state index contributed by atoms with van der Waals surface area (Å²) in [5.41, 5.74) is 0.691. The Morgan fingerprint density at radius 3 is 2.65 bits per heavy atom. The first-order valence-electron chi connectivity index (χ1n) is 8.08. The number of pyridine rings is 1. The van der Waals surface area contributed by atoms with Crippen LogP contribution in [0.2, 0.25) is 0 Å². The maximum Gasteiger partial charge on any atom is 0.228 e. The molecule has 0 saturated heterocycles. The van der Waals surface area contributed by atoms with E-state index in [-0.39, 0.29) is 22.7 Å². The van der Waals surface area contributed by atoms with Crippen molar-refractivity contribution in [2.45, 2.75) is 38.5 Å². The quantitative estimate of drug-likeness (QED) is 0.938. The van der Waals surface area contributed by atoms with Crippen molar-refractivity contribution in [1.82, 2.24) is 4.98 Å². The molecule has 4 nitrogen and oxygen atoms in total. The fourth-order valence-electron chi connectivity index (χ4n) is 3.42. The van der Waals surface area contributed by atoms with Gasteiger partial charge in [0.2, 0.25) is 5.91 Å². The maximum absolute atomic E-state index is 11.9. The molecule has 2 aromatic rings. The summed E-state index contributed by atoms with van der Waals surface area (Å²) < 4.78 is 0. The molecule has 23 heavy (non-hydrogen) atoms. The molecule has 0 radical (unpaired) electrons. The molecule has 0 spiro atoms. The minimum Gasteiger partial charge on any atom is -0.310 e. The zero-order valence-corrected chi connectivity index (χ0v) is 13.4. The van der Waals surface area contributed by atoms with E-state index in [0.717, 1.165) is 35.6 Å². The Bertz CT molecular complexity index is 861. The van der Waals surface area contributed by atoms with E-state index in [1.54, 1.807) is 6.20 Å². The third-order valence-electron chi connectivity index (χ3n) is 5.34. The number of aromatic nitrogens is 1. The summed E-state index contributed by atoms with van der Waals surface area (Å²) >= 11 is 0. The summed E-state index contributed by atoms with van der Waals surface area (Å²) in [5.74, 6) is 0.811. The van der Waals surface area contributed by atoms with E-state index in [1.807, 2.05) is 18.2 Å². The van der Waals surface area contributed by atoms with Crippen LogP contribution in [0.1, 0.15) is 38.7 Å². The number of fused-ring (bicyclic) bond motifs is 1. The molecule has 4 heteroatoms. The molecule has 1 atom stereocenters. The second-order valence-corrected chi connectivity index (χ2v) is 7.47. The first kappa shape index (κ1) is 14.2. The fraction of sp³-hybridized carbons (Fsp3) is 0.421. The lowest BCUT2D eigenvalue weighted by molar-refractivity contribution is -0.117. The van der Waals surface area contributed by atoms with Crippen LogP contribution in [0.5, 0.6) is 0 Å². The molecule has 4 rings (SSSR count). The van der Waals surface area contributed by atoms with Crippen molar-refractivity contribution in [3.8, 4) is 6.07 Å². The number of nitriles is 1. The van der Waals surface area contributed by atoms with E-state index in [1.165, 1.54) is 0 Å². The van der Waals surface area contributed by atoms with Crippen LogP contribution < -0.4 is 5.32 Å². The van der Waals surface area contributed by atoms with Crippen LogP contribution in [0, 0.1) is 22.7 Å². The van der Waals surface area contributed by atoms with Gasteiger partial charge in [-0.15, -0.1) is 0 Å². The Morgan fingerprint density at radius 2 is 2.04 bits per heavy atom. The highest BCUT2D eigenvalue weighted by Gasteiger charge is 2.63. The van der Waals surface area contributed by atoms with Gasteiger partial charge in [-0.05, 0) is 47.8 Å². The molecule has 0 aliphatic heterocycles. The fourth-order valence-corrected chi connectivity index (χ4v) is 3.42. The maximum atomic E-state index is 11.9. The number of nitrogens with zero attached hydrogens (tertiary/aromatic N) is 2. The summed E-state index contributed by atoms with van der Waals surface area (Å²) in [4.78, 5) is 16.2. The molecular weight excluding hydrogens is 286 g/mol. The molecule has 1 N–H and O–H groups in total. The summed E-state index contributed by atoms with van der Waals surface area (Å²) in [5, 5.41) is 14.6. The van der Waals surface area contributed by atoms with Crippen LogP contribution in [-0.4, -0.2) is 10.9 Å². The van der Waals surface area contributed by atoms with Gasteiger partial charge in [-0.25, -0.2) is 4.98 Å². The highest BCUT2D eigenvalue weighted by molar-refractivity contribution is 5.95. The van der Waals surface area contributed by atoms with Gasteiger partial charge in [-0.2, -0.15) is 5.26 Å². The van der Waals surface area contributed by atoms with E-state index >= 15 is 0 Å². The molecule has 2 aliphatic rings. The van der Waals surface area contributed by atoms with Crippen LogP contribution in [-0.2, 0) is 10.2 Å². The van der Waals surface area contributed by atoms with Crippen molar-refractivity contribution < 1.29 is 4.79 Å². The van der Waals surface area contributed by atoms with Crippen LogP contribution in [0.25, 0.3) is 10.8 Å². The number of amides is 1. The summed E-state index contributed by atoms with van der Waals surface area (Å²) in [6, 6.07) is 10.5. The number of rotatable bonds is 3. The summed E-state index contributed by atoms with van der Waals surface area (Å²) in [6.45, 7) is 4.27. The number of nitrogens with one attached hydrogen (secondary N) is 1. The second-order valence-electron chi connectivity index (χ2n) is 7.47. The highest BCUT2D eigenvalue weighted by atomic mass is 16.2. The Labute approximate surface area is 135 Å². The van der Waals surface area contributed by atoms with Gasteiger partial charge in [-0.3, -0.25) is 4.79 Å². The van der Waals surface area contributed by atoms with Gasteiger partial charge in [0.05, 0.1) is 11.5 Å². The van der Waals surface area contributed by atoms with Gasteiger partial charge in [-0.1, -0.05) is 26.0 Å². The number of benzene rings is 1. The molecule has 0 bridgehead atoms. The van der Waals surface area contributed by atoms with E-state index in [0.29, 0.717) is 5.82 Å². The largest absolute Gasteiger partial charge is 0.310 e. The van der Waals surface area contributed by atoms with Crippen molar-refractivity contribution in [2.24, 2.45) is 11.3 Å². The van der Waals surface area contributed by atoms with Crippen LogP contribution >= 0.6 is 0 Å². The van der Waals surface area contributed by atoms with Crippen LogP contribution in [0.4, 0.5) is 5.82 Å². The Morgan fingerprint density at radius 1 is 1.30 bits per heavy atom. The van der Waals surface area contributed by atoms with E-state index < -0.39 is 0 Å². The lowest BCUT2D eigenvalue weighted by Crippen LogP contribution is -2.14. The zero-order chi connectivity index (χ0) is 16.2. The van der Waals surface area contributed by atoms with Gasteiger partial charge in [0.1, 0.15) is 5.82 Å². The van der Waals surface area contributed by atoms with Gasteiger partial charge in [0, 0.05) is 17.5 Å². The van der Waals surface area contributed by atoms with Crippen molar-refractivity contribution in [3.63, 3.8) is 0 Å². The Hall–Kier alpha value is -2.41. The van der Waals surface area contributed by atoms with E-state index in [4.69, 9.17) is 0 Å². The molecule has 1 amide bonds. The number of carbonyl (C=O) groups excluding carboxylic acids is 1. The number of carbonyl (C=O) groups is 1. The van der Waals surface area contributed by atoms with E-state index in [2.05, 4.69) is 36.3 Å². The predicted octanol–water partition coefficient (Wildman–Crippen LogP) is 3.77. The molecule has 2 fully saturated rings. The van der Waals surface area contributed by atoms with Gasteiger partial charge in [0.25, 0.3) is 0 Å². The first-order valence-corrected chi connectivity index (χ1v) is 8.08. The lowest BCUT2D eigenvalue weighted by Gasteiger charge is -2.14. The molecule has 116 valence electrons. The Kier molecular flexibility index (Phi) is 2.81. The molecule has 1 aromatic carbocycles. The lowest BCUT2D eigenvalue weighted by atomic mass is 9.88. The van der Waals surface area contributed by atoms with Crippen molar-refractivity contribution in [2.75, 3.05) is 5.32 Å². The van der Waals surface area contributed by atoms with Crippen LogP contribution in [0.3, 0.4) is 0 Å². The van der Waals surface area contributed by atoms with Gasteiger partial charge >= 0.3 is 0 Å². The average Bonchev–Trinajstić information content (AvgIpc) is 3.42. The molecular formula is C19H19N3O. The zero-order valence-electron chi connectivity index (χ0n) is 13.4. The third kappa shape index (κ3) is 2.19. The van der Waals surface area contributed by atoms with Gasteiger partial charge in [0.15, 0.2) is 0 Å². The monoisotopic (exact) mass is 305 g/mol. The van der Waals surface area contributed by atoms with Gasteiger partial charge < -0.3 is 5.32 Å². The summed E-state index contributed by atoms with van der Waals surface area (Å²) in [7, 11) is 0. The minimum atomic E-state index is -0.387. The SMILES string of the molecule is CC1(C)C[C@@]1(C#N)c1ccc2cnc(NC(=O)C3CC3)cc2c1. The third-order valence-corrected chi connectivity index (χ3v) is 5.34. The molecule has 1 heterocycles. The standard InChI is InChI=1S/C19H19N3O/c1-18(2)10-19(18,11-20)15-6-5-13-9-21-16(8-14(13)7-15)22-17(23)12-3-4-12/h5-9,12H,3-4,10H2,1-2H3,(H,21,22,23)/t19-/m1/s1. The molecule has 1 aromatic heterocycles. The Balaban J connectivity index is 1.70.